The highest BCUT2D eigenvalue weighted by Crippen LogP contribution is 2.03. The lowest BCUT2D eigenvalue weighted by atomic mass is 10.0. The minimum atomic E-state index is -0.847. The minimum absolute atomic E-state index is 0.0586. The van der Waals surface area contributed by atoms with E-state index >= 15 is 0 Å². The number of aliphatic carboxylic acids is 1. The number of carbonyl (C=O) groups is 2. The Kier molecular flexibility index (Phi) is 6.72. The van der Waals surface area contributed by atoms with Gasteiger partial charge in [-0.3, -0.25) is 9.59 Å². The fraction of sp³-hybridized carbons (Fsp3) is 0.818. The van der Waals surface area contributed by atoms with E-state index in [1.807, 2.05) is 13.8 Å². The van der Waals surface area contributed by atoms with Crippen molar-refractivity contribution < 1.29 is 14.7 Å². The summed E-state index contributed by atoms with van der Waals surface area (Å²) in [6, 6.07) is -0.144. The van der Waals surface area contributed by atoms with Crippen LogP contribution in [0.25, 0.3) is 0 Å². The molecule has 0 saturated heterocycles. The van der Waals surface area contributed by atoms with Crippen molar-refractivity contribution in [3.8, 4) is 0 Å². The Bertz CT molecular complexity index is 241. The van der Waals surface area contributed by atoms with Gasteiger partial charge in [-0.25, -0.2) is 0 Å². The van der Waals surface area contributed by atoms with Crippen LogP contribution in [0.3, 0.4) is 0 Å². The van der Waals surface area contributed by atoms with E-state index in [2.05, 4.69) is 5.32 Å². The Morgan fingerprint density at radius 3 is 2.25 bits per heavy atom. The van der Waals surface area contributed by atoms with E-state index in [1.165, 1.54) is 0 Å². The first kappa shape index (κ1) is 14.9. The summed E-state index contributed by atoms with van der Waals surface area (Å²) in [5.41, 5.74) is 5.75. The molecule has 0 radical (unpaired) electrons. The third-order valence-corrected chi connectivity index (χ3v) is 2.45. The largest absolute Gasteiger partial charge is 0.481 e. The molecule has 0 fully saturated rings. The molecule has 1 amide bonds. The summed E-state index contributed by atoms with van der Waals surface area (Å²) in [6.45, 7) is 6.10. The van der Waals surface area contributed by atoms with Crippen LogP contribution in [0.1, 0.15) is 33.6 Å². The maximum absolute atomic E-state index is 11.4. The highest BCUT2D eigenvalue weighted by molar-refractivity contribution is 5.76. The molecule has 0 aliphatic heterocycles. The van der Waals surface area contributed by atoms with Gasteiger partial charge in [0.05, 0.1) is 0 Å². The first-order valence-electron chi connectivity index (χ1n) is 5.57. The first-order valence-corrected chi connectivity index (χ1v) is 5.57. The molecule has 0 aliphatic rings. The molecule has 0 saturated carbocycles. The molecule has 0 rings (SSSR count). The van der Waals surface area contributed by atoms with E-state index in [4.69, 9.17) is 10.8 Å². The highest BCUT2D eigenvalue weighted by Gasteiger charge is 2.14. The van der Waals surface area contributed by atoms with Crippen LogP contribution in [-0.4, -0.2) is 29.6 Å². The number of carboxylic acid groups (broad SMARTS) is 1. The average molecular weight is 230 g/mol. The lowest BCUT2D eigenvalue weighted by Gasteiger charge is -2.16. The monoisotopic (exact) mass is 230 g/mol. The lowest BCUT2D eigenvalue weighted by Crippen LogP contribution is -2.36. The smallest absolute Gasteiger partial charge is 0.303 e. The molecule has 0 aliphatic carbocycles. The molecule has 2 atom stereocenters. The molecular formula is C11H22N2O3. The number of nitrogens with one attached hydrogen (secondary N) is 1. The standard InChI is InChI=1S/C11H22N2O3/c1-7(2)9(12)5-10(14)13-6-8(3)4-11(15)16/h7-9H,4-6,12H2,1-3H3,(H,13,14)(H,15,16). The molecule has 0 aromatic carbocycles. The van der Waals surface area contributed by atoms with Gasteiger partial charge in [-0.15, -0.1) is 0 Å². The third-order valence-electron chi connectivity index (χ3n) is 2.45. The van der Waals surface area contributed by atoms with Crippen LogP contribution >= 0.6 is 0 Å². The van der Waals surface area contributed by atoms with Crippen molar-refractivity contribution in [2.75, 3.05) is 6.54 Å². The van der Waals surface area contributed by atoms with E-state index < -0.39 is 5.97 Å². The second kappa shape index (κ2) is 7.22. The number of carboxylic acids is 1. The second-order valence-electron chi connectivity index (χ2n) is 4.62. The normalized spacial score (nSPS) is 14.6. The molecule has 5 nitrogen and oxygen atoms in total. The molecule has 0 spiro atoms. The number of amides is 1. The molecule has 2 unspecified atom stereocenters. The van der Waals surface area contributed by atoms with Crippen LogP contribution in [0.15, 0.2) is 0 Å². The zero-order valence-corrected chi connectivity index (χ0v) is 10.2. The van der Waals surface area contributed by atoms with Crippen LogP contribution in [0.2, 0.25) is 0 Å². The quantitative estimate of drug-likeness (QED) is 0.596. The first-order chi connectivity index (χ1) is 7.32. The summed E-state index contributed by atoms with van der Waals surface area (Å²) >= 11 is 0. The van der Waals surface area contributed by atoms with Gasteiger partial charge in [-0.2, -0.15) is 0 Å². The van der Waals surface area contributed by atoms with E-state index in [-0.39, 0.29) is 36.6 Å². The van der Waals surface area contributed by atoms with Gasteiger partial charge in [0.15, 0.2) is 0 Å². The lowest BCUT2D eigenvalue weighted by molar-refractivity contribution is -0.138. The summed E-state index contributed by atoms with van der Waals surface area (Å²) in [5, 5.41) is 11.2. The van der Waals surface area contributed by atoms with Gasteiger partial charge in [0.25, 0.3) is 0 Å². The van der Waals surface area contributed by atoms with E-state index in [0.29, 0.717) is 6.54 Å². The van der Waals surface area contributed by atoms with Crippen LogP contribution in [0.4, 0.5) is 0 Å². The molecule has 94 valence electrons. The Hall–Kier alpha value is -1.10. The molecular weight excluding hydrogens is 208 g/mol. The average Bonchev–Trinajstić information content (AvgIpc) is 2.13. The van der Waals surface area contributed by atoms with E-state index in [0.717, 1.165) is 0 Å². The van der Waals surface area contributed by atoms with Crippen LogP contribution in [0, 0.1) is 11.8 Å². The van der Waals surface area contributed by atoms with Crippen molar-refractivity contribution in [1.82, 2.24) is 5.32 Å². The predicted octanol–water partition coefficient (Wildman–Crippen LogP) is 0.587. The molecule has 0 aromatic heterocycles. The van der Waals surface area contributed by atoms with Crippen molar-refractivity contribution in [3.05, 3.63) is 0 Å². The van der Waals surface area contributed by atoms with Crippen LogP contribution in [-0.2, 0) is 9.59 Å². The van der Waals surface area contributed by atoms with Crippen LogP contribution in [0.5, 0.6) is 0 Å². The number of nitrogens with two attached hydrogens (primary N) is 1. The zero-order valence-electron chi connectivity index (χ0n) is 10.2. The number of rotatable bonds is 7. The fourth-order valence-electron chi connectivity index (χ4n) is 1.18. The van der Waals surface area contributed by atoms with Crippen molar-refractivity contribution in [2.45, 2.75) is 39.7 Å². The molecule has 5 heteroatoms. The zero-order chi connectivity index (χ0) is 12.7. The van der Waals surface area contributed by atoms with Gasteiger partial charge in [0.1, 0.15) is 0 Å². The molecule has 4 N–H and O–H groups in total. The Balaban J connectivity index is 3.77. The van der Waals surface area contributed by atoms with E-state index in [1.54, 1.807) is 6.92 Å². The topological polar surface area (TPSA) is 92.4 Å². The Labute approximate surface area is 96.4 Å². The van der Waals surface area contributed by atoms with Crippen molar-refractivity contribution >= 4 is 11.9 Å². The fourth-order valence-corrected chi connectivity index (χ4v) is 1.18. The number of carbonyl (C=O) groups excluding carboxylic acids is 1. The predicted molar refractivity (Wildman–Crippen MR) is 61.9 cm³/mol. The Morgan fingerprint density at radius 2 is 1.81 bits per heavy atom. The minimum Gasteiger partial charge on any atom is -0.481 e. The number of hydrogen-bond acceptors (Lipinski definition) is 3. The summed E-state index contributed by atoms with van der Waals surface area (Å²) in [6.07, 6.45) is 0.355. The molecule has 0 aromatic rings. The second-order valence-corrected chi connectivity index (χ2v) is 4.62. The van der Waals surface area contributed by atoms with E-state index in [9.17, 15) is 9.59 Å². The molecule has 16 heavy (non-hydrogen) atoms. The number of hydrogen-bond donors (Lipinski definition) is 3. The summed E-state index contributed by atoms with van der Waals surface area (Å²) < 4.78 is 0. The molecule has 0 heterocycles. The van der Waals surface area contributed by atoms with Gasteiger partial charge in [-0.1, -0.05) is 20.8 Å². The van der Waals surface area contributed by atoms with Gasteiger partial charge < -0.3 is 16.2 Å². The molecule has 0 bridgehead atoms. The van der Waals surface area contributed by atoms with Gasteiger partial charge in [-0.05, 0) is 11.8 Å². The maximum atomic E-state index is 11.4. The van der Waals surface area contributed by atoms with Crippen molar-refractivity contribution in [3.63, 3.8) is 0 Å². The van der Waals surface area contributed by atoms with Crippen molar-refractivity contribution in [2.24, 2.45) is 17.6 Å². The summed E-state index contributed by atoms with van der Waals surface area (Å²) in [5.74, 6) is -0.752. The van der Waals surface area contributed by atoms with Gasteiger partial charge in [0.2, 0.25) is 5.91 Å². The highest BCUT2D eigenvalue weighted by atomic mass is 16.4. The van der Waals surface area contributed by atoms with Gasteiger partial charge in [0, 0.05) is 25.4 Å². The van der Waals surface area contributed by atoms with Crippen molar-refractivity contribution in [1.29, 1.82) is 0 Å². The Morgan fingerprint density at radius 1 is 1.25 bits per heavy atom. The van der Waals surface area contributed by atoms with Gasteiger partial charge >= 0.3 is 5.97 Å². The maximum Gasteiger partial charge on any atom is 0.303 e. The summed E-state index contributed by atoms with van der Waals surface area (Å²) in [7, 11) is 0. The summed E-state index contributed by atoms with van der Waals surface area (Å²) in [4.78, 5) is 21.8. The third kappa shape index (κ3) is 7.23. The van der Waals surface area contributed by atoms with Crippen LogP contribution < -0.4 is 11.1 Å². The SMILES string of the molecule is CC(CNC(=O)CC(N)C(C)C)CC(=O)O.